The molecule has 1 fully saturated rings. The summed E-state index contributed by atoms with van der Waals surface area (Å²) in [6, 6.07) is 17.6. The number of methoxy groups -OCH3 is 1. The Hall–Kier alpha value is -4.01. The number of amides is 1. The SMILES string of the molecule is CC[C@@H](C(=O)N1CCN(c2ncnc3c2nnn3-c2cccc(OC)c2)CC1)c1ccccc1. The number of ether oxygens (including phenoxy) is 1. The summed E-state index contributed by atoms with van der Waals surface area (Å²) < 4.78 is 7.02. The first-order valence-corrected chi connectivity index (χ1v) is 11.5. The highest BCUT2D eigenvalue weighted by Gasteiger charge is 2.29. The summed E-state index contributed by atoms with van der Waals surface area (Å²) in [6.45, 7) is 4.69. The summed E-state index contributed by atoms with van der Waals surface area (Å²) in [6.07, 6.45) is 2.32. The van der Waals surface area contributed by atoms with Crippen molar-refractivity contribution in [1.29, 1.82) is 0 Å². The van der Waals surface area contributed by atoms with E-state index in [1.54, 1.807) is 11.8 Å². The second-order valence-corrected chi connectivity index (χ2v) is 8.26. The van der Waals surface area contributed by atoms with Crippen molar-refractivity contribution >= 4 is 22.9 Å². The number of rotatable bonds is 6. The molecule has 0 bridgehead atoms. The van der Waals surface area contributed by atoms with Gasteiger partial charge in [0.1, 0.15) is 12.1 Å². The lowest BCUT2D eigenvalue weighted by atomic mass is 9.95. The Balaban J connectivity index is 1.34. The van der Waals surface area contributed by atoms with Crippen molar-refractivity contribution in [3.8, 4) is 11.4 Å². The van der Waals surface area contributed by atoms with Gasteiger partial charge in [-0.05, 0) is 24.1 Å². The monoisotopic (exact) mass is 457 g/mol. The Kier molecular flexibility index (Phi) is 6.07. The average Bonchev–Trinajstić information content (AvgIpc) is 3.34. The maximum absolute atomic E-state index is 13.2. The van der Waals surface area contributed by atoms with Crippen molar-refractivity contribution in [3.63, 3.8) is 0 Å². The van der Waals surface area contributed by atoms with Gasteiger partial charge in [-0.3, -0.25) is 4.79 Å². The van der Waals surface area contributed by atoms with Crippen molar-refractivity contribution in [3.05, 3.63) is 66.5 Å². The molecule has 2 aromatic heterocycles. The molecule has 0 aliphatic carbocycles. The zero-order valence-electron chi connectivity index (χ0n) is 19.3. The van der Waals surface area contributed by atoms with Crippen molar-refractivity contribution < 1.29 is 9.53 Å². The van der Waals surface area contributed by atoms with Crippen molar-refractivity contribution in [1.82, 2.24) is 29.9 Å². The number of hydrogen-bond donors (Lipinski definition) is 0. The fourth-order valence-electron chi connectivity index (χ4n) is 4.48. The minimum Gasteiger partial charge on any atom is -0.497 e. The van der Waals surface area contributed by atoms with Crippen LogP contribution in [-0.2, 0) is 4.79 Å². The molecule has 1 aliphatic heterocycles. The molecule has 34 heavy (non-hydrogen) atoms. The van der Waals surface area contributed by atoms with Gasteiger partial charge < -0.3 is 14.5 Å². The average molecular weight is 458 g/mol. The summed E-state index contributed by atoms with van der Waals surface area (Å²) in [5.74, 6) is 1.55. The number of benzene rings is 2. The maximum Gasteiger partial charge on any atom is 0.230 e. The highest BCUT2D eigenvalue weighted by atomic mass is 16.5. The van der Waals surface area contributed by atoms with E-state index in [2.05, 4.69) is 32.1 Å². The van der Waals surface area contributed by atoms with Crippen LogP contribution in [0.4, 0.5) is 5.82 Å². The van der Waals surface area contributed by atoms with Crippen molar-refractivity contribution in [2.45, 2.75) is 19.3 Å². The molecule has 9 heteroatoms. The molecule has 1 saturated heterocycles. The summed E-state index contributed by atoms with van der Waals surface area (Å²) in [5.41, 5.74) is 3.16. The second kappa shape index (κ2) is 9.46. The third-order valence-corrected chi connectivity index (χ3v) is 6.32. The Morgan fingerprint density at radius 3 is 2.56 bits per heavy atom. The van der Waals surface area contributed by atoms with Gasteiger partial charge in [-0.2, -0.15) is 4.68 Å². The first-order valence-electron chi connectivity index (χ1n) is 11.5. The van der Waals surface area contributed by atoms with Crippen LogP contribution in [0.1, 0.15) is 24.8 Å². The molecule has 0 radical (unpaired) electrons. The lowest BCUT2D eigenvalue weighted by molar-refractivity contribution is -0.133. The first-order chi connectivity index (χ1) is 16.7. The Morgan fingerprint density at radius 1 is 1.03 bits per heavy atom. The highest BCUT2D eigenvalue weighted by Crippen LogP contribution is 2.27. The minimum atomic E-state index is -0.110. The molecule has 0 spiro atoms. The van der Waals surface area contributed by atoms with Crippen LogP contribution in [0.2, 0.25) is 0 Å². The van der Waals surface area contributed by atoms with Crippen LogP contribution in [0, 0.1) is 0 Å². The van der Waals surface area contributed by atoms with Crippen molar-refractivity contribution in [2.24, 2.45) is 0 Å². The van der Waals surface area contributed by atoms with Gasteiger partial charge in [0.15, 0.2) is 17.0 Å². The van der Waals surface area contributed by atoms with Gasteiger partial charge in [-0.1, -0.05) is 48.5 Å². The van der Waals surface area contributed by atoms with Gasteiger partial charge in [0.25, 0.3) is 0 Å². The van der Waals surface area contributed by atoms with Gasteiger partial charge in [-0.25, -0.2) is 9.97 Å². The van der Waals surface area contributed by atoms with E-state index in [1.165, 1.54) is 6.33 Å². The fraction of sp³-hybridized carbons (Fsp3) is 0.320. The third kappa shape index (κ3) is 4.05. The first kappa shape index (κ1) is 21.8. The Labute approximate surface area is 198 Å². The zero-order valence-corrected chi connectivity index (χ0v) is 19.3. The molecule has 174 valence electrons. The molecule has 1 atom stereocenters. The van der Waals surface area contributed by atoms with Gasteiger partial charge in [0, 0.05) is 32.2 Å². The van der Waals surface area contributed by atoms with Crippen LogP contribution in [0.25, 0.3) is 16.9 Å². The normalized spacial score (nSPS) is 14.9. The van der Waals surface area contributed by atoms with E-state index in [4.69, 9.17) is 4.74 Å². The number of hydrogen-bond acceptors (Lipinski definition) is 7. The quantitative estimate of drug-likeness (QED) is 0.440. The predicted octanol–water partition coefficient (Wildman–Crippen LogP) is 3.06. The Bertz CT molecular complexity index is 1280. The standard InChI is InChI=1S/C25H27N7O2/c1-3-21(18-8-5-4-6-9-18)25(33)31-14-12-30(13-15-31)23-22-24(27-17-26-23)32(29-28-22)19-10-7-11-20(16-19)34-2/h4-11,16-17,21H,3,12-15H2,1-2H3/t21-/m1/s1. The predicted molar refractivity (Wildman–Crippen MR) is 129 cm³/mol. The number of piperazine rings is 1. The van der Waals surface area contributed by atoms with Crippen molar-refractivity contribution in [2.75, 3.05) is 38.2 Å². The van der Waals surface area contributed by atoms with E-state index in [0.717, 1.165) is 29.2 Å². The molecule has 4 aromatic rings. The number of nitrogens with zero attached hydrogens (tertiary/aromatic N) is 7. The number of anilines is 1. The number of carbonyl (C=O) groups is 1. The molecule has 1 aliphatic rings. The van der Waals surface area contributed by atoms with Crippen LogP contribution in [0.15, 0.2) is 60.9 Å². The molecule has 3 heterocycles. The van der Waals surface area contributed by atoms with Gasteiger partial charge in [0.2, 0.25) is 5.91 Å². The number of aromatic nitrogens is 5. The molecule has 1 amide bonds. The summed E-state index contributed by atoms with van der Waals surface area (Å²) in [5, 5.41) is 8.71. The van der Waals surface area contributed by atoms with E-state index >= 15 is 0 Å². The summed E-state index contributed by atoms with van der Waals surface area (Å²) in [7, 11) is 1.63. The van der Waals surface area contributed by atoms with E-state index in [0.29, 0.717) is 37.3 Å². The molecule has 5 rings (SSSR count). The topological polar surface area (TPSA) is 89.3 Å². The van der Waals surface area contributed by atoms with Crippen LogP contribution >= 0.6 is 0 Å². The van der Waals surface area contributed by atoms with Gasteiger partial charge in [0.05, 0.1) is 18.7 Å². The fourth-order valence-corrected chi connectivity index (χ4v) is 4.48. The molecular formula is C25H27N7O2. The smallest absolute Gasteiger partial charge is 0.230 e. The second-order valence-electron chi connectivity index (χ2n) is 8.26. The molecule has 9 nitrogen and oxygen atoms in total. The van der Waals surface area contributed by atoms with E-state index in [1.807, 2.05) is 59.5 Å². The minimum absolute atomic E-state index is 0.110. The molecule has 0 unspecified atom stereocenters. The van der Waals surface area contributed by atoms with Gasteiger partial charge in [-0.15, -0.1) is 5.10 Å². The third-order valence-electron chi connectivity index (χ3n) is 6.32. The van der Waals surface area contributed by atoms with Crippen LogP contribution < -0.4 is 9.64 Å². The number of carbonyl (C=O) groups excluding carboxylic acids is 1. The van der Waals surface area contributed by atoms with Crippen LogP contribution in [0.5, 0.6) is 5.75 Å². The zero-order chi connectivity index (χ0) is 23.5. The lowest BCUT2D eigenvalue weighted by Gasteiger charge is -2.37. The van der Waals surface area contributed by atoms with Crippen LogP contribution in [-0.4, -0.2) is 69.1 Å². The highest BCUT2D eigenvalue weighted by molar-refractivity contribution is 5.85. The summed E-state index contributed by atoms with van der Waals surface area (Å²) in [4.78, 5) is 26.3. The number of fused-ring (bicyclic) bond motifs is 1. The van der Waals surface area contributed by atoms with Crippen LogP contribution in [0.3, 0.4) is 0 Å². The molecule has 0 saturated carbocycles. The molecule has 2 aromatic carbocycles. The van der Waals surface area contributed by atoms with E-state index in [-0.39, 0.29) is 11.8 Å². The van der Waals surface area contributed by atoms with E-state index in [9.17, 15) is 4.79 Å². The summed E-state index contributed by atoms with van der Waals surface area (Å²) >= 11 is 0. The Morgan fingerprint density at radius 2 is 1.82 bits per heavy atom. The van der Waals surface area contributed by atoms with E-state index < -0.39 is 0 Å². The van der Waals surface area contributed by atoms with Gasteiger partial charge >= 0.3 is 0 Å². The molecule has 0 N–H and O–H groups in total. The molecular weight excluding hydrogens is 430 g/mol. The maximum atomic E-state index is 13.2. The lowest BCUT2D eigenvalue weighted by Crippen LogP contribution is -2.50. The largest absolute Gasteiger partial charge is 0.497 e.